The van der Waals surface area contributed by atoms with E-state index in [0.717, 1.165) is 12.0 Å². The van der Waals surface area contributed by atoms with Crippen molar-refractivity contribution < 1.29 is 8.42 Å². The molecule has 3 heteroatoms. The number of hydrogen-bond donors (Lipinski definition) is 0. The minimum Gasteiger partial charge on any atom is -0.223 e. The number of hydrogen-bond acceptors (Lipinski definition) is 2. The van der Waals surface area contributed by atoms with Crippen LogP contribution in [0.2, 0.25) is 0 Å². The van der Waals surface area contributed by atoms with Crippen molar-refractivity contribution in [3.8, 4) is 0 Å². The van der Waals surface area contributed by atoms with Gasteiger partial charge in [-0.1, -0.05) is 26.0 Å². The van der Waals surface area contributed by atoms with Crippen LogP contribution in [0.3, 0.4) is 0 Å². The second-order valence-electron chi connectivity index (χ2n) is 5.50. The van der Waals surface area contributed by atoms with E-state index in [-0.39, 0.29) is 0 Å². The van der Waals surface area contributed by atoms with Gasteiger partial charge in [-0.05, 0) is 50.8 Å². The van der Waals surface area contributed by atoms with Gasteiger partial charge in [0.05, 0.1) is 9.64 Å². The van der Waals surface area contributed by atoms with E-state index in [1.54, 1.807) is 26.8 Å². The van der Waals surface area contributed by atoms with Gasteiger partial charge in [0.2, 0.25) is 0 Å². The van der Waals surface area contributed by atoms with E-state index in [1.807, 2.05) is 18.2 Å². The first-order valence-corrected chi connectivity index (χ1v) is 7.53. The highest BCUT2D eigenvalue weighted by atomic mass is 32.2. The molecule has 1 aromatic rings. The van der Waals surface area contributed by atoms with Gasteiger partial charge >= 0.3 is 0 Å². The maximum absolute atomic E-state index is 12.3. The molecule has 0 bridgehead atoms. The minimum atomic E-state index is -3.24. The van der Waals surface area contributed by atoms with Crippen molar-refractivity contribution >= 4 is 9.84 Å². The summed E-state index contributed by atoms with van der Waals surface area (Å²) in [5.41, 5.74) is 1.10. The zero-order valence-electron chi connectivity index (χ0n) is 11.3. The van der Waals surface area contributed by atoms with E-state index in [4.69, 9.17) is 0 Å². The van der Waals surface area contributed by atoms with E-state index in [1.165, 1.54) is 0 Å². The van der Waals surface area contributed by atoms with Gasteiger partial charge in [-0.25, -0.2) is 8.42 Å². The van der Waals surface area contributed by atoms with Crippen molar-refractivity contribution in [1.82, 2.24) is 0 Å². The Kier molecular flexibility index (Phi) is 4.03. The summed E-state index contributed by atoms with van der Waals surface area (Å²) in [6.45, 7) is 9.42. The Morgan fingerprint density at radius 2 is 1.82 bits per heavy atom. The maximum Gasteiger partial charge on any atom is 0.183 e. The van der Waals surface area contributed by atoms with Crippen LogP contribution in [0.4, 0.5) is 0 Å². The Hall–Kier alpha value is -0.830. The van der Waals surface area contributed by atoms with E-state index < -0.39 is 14.6 Å². The third kappa shape index (κ3) is 2.89. The highest BCUT2D eigenvalue weighted by molar-refractivity contribution is 7.92. The molecule has 0 aliphatic carbocycles. The first kappa shape index (κ1) is 14.2. The summed E-state index contributed by atoms with van der Waals surface area (Å²) >= 11 is 0. The molecule has 0 radical (unpaired) electrons. The zero-order valence-corrected chi connectivity index (χ0v) is 12.1. The normalized spacial score (nSPS) is 14.6. The second-order valence-corrected chi connectivity index (χ2v) is 8.20. The van der Waals surface area contributed by atoms with Crippen LogP contribution in [-0.4, -0.2) is 13.2 Å². The third-order valence-corrected chi connectivity index (χ3v) is 5.64. The first-order valence-electron chi connectivity index (χ1n) is 6.04. The third-order valence-electron chi connectivity index (χ3n) is 3.16. The molecule has 0 saturated carbocycles. The number of benzene rings is 1. The molecule has 2 nitrogen and oxygen atoms in total. The van der Waals surface area contributed by atoms with Crippen LogP contribution in [-0.2, 0) is 9.84 Å². The summed E-state index contributed by atoms with van der Waals surface area (Å²) in [6, 6.07) is 7.33. The van der Waals surface area contributed by atoms with Crippen molar-refractivity contribution in [2.45, 2.75) is 56.6 Å². The highest BCUT2D eigenvalue weighted by Gasteiger charge is 2.30. The molecule has 0 amide bonds. The van der Waals surface area contributed by atoms with Crippen LogP contribution in [0.15, 0.2) is 29.2 Å². The average Bonchev–Trinajstić information content (AvgIpc) is 2.26. The number of sulfone groups is 1. The summed E-state index contributed by atoms with van der Waals surface area (Å²) in [5.74, 6) is 0.394. The summed E-state index contributed by atoms with van der Waals surface area (Å²) in [4.78, 5) is 0.433. The van der Waals surface area contributed by atoms with Crippen LogP contribution in [0.1, 0.15) is 52.5 Å². The average molecular weight is 254 g/mol. The van der Waals surface area contributed by atoms with E-state index in [2.05, 4.69) is 13.8 Å². The van der Waals surface area contributed by atoms with Gasteiger partial charge in [-0.3, -0.25) is 0 Å². The van der Waals surface area contributed by atoms with Crippen LogP contribution < -0.4 is 0 Å². The molecular weight excluding hydrogens is 232 g/mol. The Morgan fingerprint density at radius 1 is 1.24 bits per heavy atom. The topological polar surface area (TPSA) is 34.1 Å². The zero-order chi connectivity index (χ0) is 13.3. The minimum absolute atomic E-state index is 0.394. The monoisotopic (exact) mass is 254 g/mol. The fourth-order valence-corrected chi connectivity index (χ4v) is 2.83. The Morgan fingerprint density at radius 3 is 2.29 bits per heavy atom. The van der Waals surface area contributed by atoms with E-state index in [9.17, 15) is 8.42 Å². The van der Waals surface area contributed by atoms with Crippen molar-refractivity contribution in [2.75, 3.05) is 0 Å². The molecule has 1 aromatic carbocycles. The Bertz CT molecular complexity index is 481. The molecule has 1 atom stereocenters. The van der Waals surface area contributed by atoms with Gasteiger partial charge in [0, 0.05) is 0 Å². The molecule has 1 unspecified atom stereocenters. The molecule has 17 heavy (non-hydrogen) atoms. The van der Waals surface area contributed by atoms with E-state index in [0.29, 0.717) is 10.8 Å². The van der Waals surface area contributed by atoms with E-state index >= 15 is 0 Å². The maximum atomic E-state index is 12.3. The smallest absolute Gasteiger partial charge is 0.183 e. The van der Waals surface area contributed by atoms with Crippen LogP contribution in [0.25, 0.3) is 0 Å². The summed E-state index contributed by atoms with van der Waals surface area (Å²) in [6.07, 6.45) is 1.01. The Labute approximate surface area is 105 Å². The summed E-state index contributed by atoms with van der Waals surface area (Å²) < 4.78 is 23.9. The lowest BCUT2D eigenvalue weighted by atomic mass is 9.99. The van der Waals surface area contributed by atoms with Gasteiger partial charge in [0.1, 0.15) is 0 Å². The Balaban J connectivity index is 3.26. The molecule has 0 saturated heterocycles. The standard InChI is InChI=1S/C14H22O2S/c1-6-11(2)12-8-7-9-13(10-12)17(15,16)14(3,4)5/h7-11H,6H2,1-5H3. The van der Waals surface area contributed by atoms with Gasteiger partial charge < -0.3 is 0 Å². The molecule has 0 aliphatic heterocycles. The highest BCUT2D eigenvalue weighted by Crippen LogP contribution is 2.27. The lowest BCUT2D eigenvalue weighted by molar-refractivity contribution is 0.560. The van der Waals surface area contributed by atoms with Crippen LogP contribution in [0.5, 0.6) is 0 Å². The number of rotatable bonds is 3. The molecule has 0 fully saturated rings. The quantitative estimate of drug-likeness (QED) is 0.822. The van der Waals surface area contributed by atoms with Crippen molar-refractivity contribution in [2.24, 2.45) is 0 Å². The summed E-state index contributed by atoms with van der Waals surface area (Å²) in [5, 5.41) is 0. The second kappa shape index (κ2) is 4.81. The van der Waals surface area contributed by atoms with Gasteiger partial charge in [0.15, 0.2) is 9.84 Å². The lowest BCUT2D eigenvalue weighted by Gasteiger charge is -2.20. The fraction of sp³-hybridized carbons (Fsp3) is 0.571. The molecule has 0 spiro atoms. The lowest BCUT2D eigenvalue weighted by Crippen LogP contribution is -2.28. The van der Waals surface area contributed by atoms with Crippen molar-refractivity contribution in [3.05, 3.63) is 29.8 Å². The van der Waals surface area contributed by atoms with Crippen molar-refractivity contribution in [3.63, 3.8) is 0 Å². The molecular formula is C14H22O2S. The molecule has 0 heterocycles. The predicted octanol–water partition coefficient (Wildman–Crippen LogP) is 3.77. The van der Waals surface area contributed by atoms with Gasteiger partial charge in [-0.2, -0.15) is 0 Å². The summed E-state index contributed by atoms with van der Waals surface area (Å²) in [7, 11) is -3.24. The first-order chi connectivity index (χ1) is 7.70. The molecule has 1 rings (SSSR count). The largest absolute Gasteiger partial charge is 0.223 e. The van der Waals surface area contributed by atoms with Gasteiger partial charge in [-0.15, -0.1) is 0 Å². The van der Waals surface area contributed by atoms with Crippen LogP contribution >= 0.6 is 0 Å². The SMILES string of the molecule is CCC(C)c1cccc(S(=O)(=O)C(C)(C)C)c1. The predicted molar refractivity (Wildman–Crippen MR) is 72.1 cm³/mol. The molecule has 0 aromatic heterocycles. The molecule has 0 aliphatic rings. The molecule has 0 N–H and O–H groups in total. The fourth-order valence-electron chi connectivity index (χ4n) is 1.58. The van der Waals surface area contributed by atoms with Gasteiger partial charge in [0.25, 0.3) is 0 Å². The molecule has 96 valence electrons. The van der Waals surface area contributed by atoms with Crippen LogP contribution in [0, 0.1) is 0 Å². The van der Waals surface area contributed by atoms with Crippen molar-refractivity contribution in [1.29, 1.82) is 0 Å².